The van der Waals surface area contributed by atoms with Crippen molar-refractivity contribution < 1.29 is 29.4 Å². The van der Waals surface area contributed by atoms with Crippen molar-refractivity contribution in [2.24, 2.45) is 11.3 Å². The number of amides is 3. The van der Waals surface area contributed by atoms with E-state index in [0.717, 1.165) is 40.2 Å². The lowest BCUT2D eigenvalue weighted by atomic mass is 9.85. The molecule has 2 aliphatic heterocycles. The molecule has 0 bridgehead atoms. The Morgan fingerprint density at radius 1 is 1.02 bits per heavy atom. The number of aromatic nitrogens is 2. The average molecular weight is 691 g/mol. The number of carboxylic acids is 1. The normalized spacial score (nSPS) is 19.7. The maximum atomic E-state index is 14.1. The van der Waals surface area contributed by atoms with Gasteiger partial charge in [-0.1, -0.05) is 45.0 Å². The monoisotopic (exact) mass is 690 g/mol. The predicted octanol–water partition coefficient (Wildman–Crippen LogP) is 4.19. The Morgan fingerprint density at radius 3 is 2.29 bits per heavy atom. The molecule has 12 nitrogen and oxygen atoms in total. The summed E-state index contributed by atoms with van der Waals surface area (Å²) in [6.45, 7) is 10.7. The van der Waals surface area contributed by atoms with Gasteiger partial charge >= 0.3 is 5.97 Å². The lowest BCUT2D eigenvalue weighted by molar-refractivity contribution is -0.142. The van der Waals surface area contributed by atoms with Crippen LogP contribution in [0.5, 0.6) is 0 Å². The molecule has 0 radical (unpaired) electrons. The van der Waals surface area contributed by atoms with E-state index < -0.39 is 41.4 Å². The molecule has 0 aliphatic carbocycles. The molecule has 1 unspecified atom stereocenters. The van der Waals surface area contributed by atoms with Gasteiger partial charge in [-0.3, -0.25) is 19.2 Å². The summed E-state index contributed by atoms with van der Waals surface area (Å²) in [6.07, 6.45) is 2.55. The summed E-state index contributed by atoms with van der Waals surface area (Å²) >= 11 is 1.57. The van der Waals surface area contributed by atoms with Gasteiger partial charge < -0.3 is 30.6 Å². The second-order valence-corrected chi connectivity index (χ2v) is 15.1. The molecule has 49 heavy (non-hydrogen) atoms. The number of thiazole rings is 1. The number of anilines is 1. The van der Waals surface area contributed by atoms with Crippen LogP contribution >= 0.6 is 11.3 Å². The van der Waals surface area contributed by atoms with Crippen LogP contribution in [0.1, 0.15) is 81.2 Å². The third kappa shape index (κ3) is 8.63. The van der Waals surface area contributed by atoms with Gasteiger partial charge in [0.05, 0.1) is 40.1 Å². The topological polar surface area (TPSA) is 165 Å². The number of piperidine rings is 1. The maximum absolute atomic E-state index is 14.1. The van der Waals surface area contributed by atoms with Crippen LogP contribution in [0.4, 0.5) is 5.69 Å². The van der Waals surface area contributed by atoms with Gasteiger partial charge in [-0.05, 0) is 61.3 Å². The molecule has 3 amide bonds. The summed E-state index contributed by atoms with van der Waals surface area (Å²) in [5.41, 5.74) is 5.00. The summed E-state index contributed by atoms with van der Waals surface area (Å²) in [5.74, 6) is -1.97. The number of hydrogen-bond acceptors (Lipinski definition) is 9. The minimum absolute atomic E-state index is 0.0211. The number of pyridine rings is 1. The van der Waals surface area contributed by atoms with Crippen molar-refractivity contribution in [3.8, 4) is 10.4 Å². The number of rotatable bonds is 10. The number of aliphatic carboxylic acids is 1. The Hall–Kier alpha value is -4.36. The van der Waals surface area contributed by atoms with Gasteiger partial charge in [0.2, 0.25) is 11.8 Å². The van der Waals surface area contributed by atoms with Gasteiger partial charge in [0.1, 0.15) is 17.8 Å². The van der Waals surface area contributed by atoms with Crippen molar-refractivity contribution in [1.82, 2.24) is 25.5 Å². The lowest BCUT2D eigenvalue weighted by Crippen LogP contribution is -2.58. The zero-order chi connectivity index (χ0) is 35.5. The highest BCUT2D eigenvalue weighted by Gasteiger charge is 2.45. The fourth-order valence-corrected chi connectivity index (χ4v) is 7.38. The first kappa shape index (κ1) is 35.9. The summed E-state index contributed by atoms with van der Waals surface area (Å²) in [6, 6.07) is 9.10. The number of β-amino-alcohol motifs (C(OH)–C–C–N with tert-alkyl or cyclic N) is 1. The van der Waals surface area contributed by atoms with E-state index in [9.17, 15) is 24.3 Å². The van der Waals surface area contributed by atoms with Crippen molar-refractivity contribution in [3.63, 3.8) is 0 Å². The molecule has 4 heterocycles. The number of aliphatic hydroxyl groups excluding tert-OH is 1. The van der Waals surface area contributed by atoms with Crippen LogP contribution in [-0.2, 0) is 14.4 Å². The van der Waals surface area contributed by atoms with E-state index in [2.05, 4.69) is 25.5 Å². The molecule has 13 heteroatoms. The molecule has 3 aromatic rings. The van der Waals surface area contributed by atoms with E-state index in [1.165, 1.54) is 4.90 Å². The highest BCUT2D eigenvalue weighted by molar-refractivity contribution is 7.13. The van der Waals surface area contributed by atoms with Crippen LogP contribution in [0.3, 0.4) is 0 Å². The highest BCUT2D eigenvalue weighted by atomic mass is 32.1. The first-order valence-electron chi connectivity index (χ1n) is 16.7. The van der Waals surface area contributed by atoms with E-state index in [1.807, 2.05) is 64.4 Å². The fraction of sp³-hybridized carbons (Fsp3) is 0.500. The number of likely N-dealkylation sites (tertiary alicyclic amines) is 1. The summed E-state index contributed by atoms with van der Waals surface area (Å²) in [4.78, 5) is 65.4. The third-order valence-electron chi connectivity index (χ3n) is 9.45. The van der Waals surface area contributed by atoms with Gasteiger partial charge in [-0.15, -0.1) is 11.3 Å². The summed E-state index contributed by atoms with van der Waals surface area (Å²) in [7, 11) is 0. The molecule has 4 atom stereocenters. The van der Waals surface area contributed by atoms with Crippen molar-refractivity contribution in [2.75, 3.05) is 24.5 Å². The molecule has 2 aromatic heterocycles. The van der Waals surface area contributed by atoms with Crippen LogP contribution < -0.4 is 15.5 Å². The number of aryl methyl sites for hydroxylation is 1. The fourth-order valence-electron chi connectivity index (χ4n) is 6.57. The first-order valence-corrected chi connectivity index (χ1v) is 17.6. The van der Waals surface area contributed by atoms with Gasteiger partial charge in [0.25, 0.3) is 5.91 Å². The molecule has 1 aromatic carbocycles. The summed E-state index contributed by atoms with van der Waals surface area (Å²) < 4.78 is 0. The number of carbonyl (C=O) groups is 4. The van der Waals surface area contributed by atoms with E-state index in [0.29, 0.717) is 13.1 Å². The van der Waals surface area contributed by atoms with E-state index in [4.69, 9.17) is 5.11 Å². The number of carboxylic acid groups (broad SMARTS) is 1. The van der Waals surface area contributed by atoms with Crippen LogP contribution in [-0.4, -0.2) is 86.6 Å². The van der Waals surface area contributed by atoms with Crippen molar-refractivity contribution in [3.05, 3.63) is 65.1 Å². The zero-order valence-electron chi connectivity index (χ0n) is 28.7. The minimum Gasteiger partial charge on any atom is -0.481 e. The number of benzene rings is 1. The van der Waals surface area contributed by atoms with Crippen LogP contribution in [0, 0.1) is 18.3 Å². The molecule has 0 spiro atoms. The van der Waals surface area contributed by atoms with Gasteiger partial charge in [0.15, 0.2) is 0 Å². The molecule has 262 valence electrons. The largest absolute Gasteiger partial charge is 0.481 e. The second kappa shape index (κ2) is 15.0. The van der Waals surface area contributed by atoms with Gasteiger partial charge in [-0.2, -0.15) is 0 Å². The minimum atomic E-state index is -0.990. The lowest BCUT2D eigenvalue weighted by Gasteiger charge is -2.35. The van der Waals surface area contributed by atoms with E-state index >= 15 is 0 Å². The number of nitrogens with zero attached hydrogens (tertiary/aromatic N) is 4. The smallest absolute Gasteiger partial charge is 0.303 e. The molecular weight excluding hydrogens is 644 g/mol. The molecule has 2 fully saturated rings. The number of carbonyl (C=O) groups excluding carboxylic acids is 3. The molecule has 2 saturated heterocycles. The van der Waals surface area contributed by atoms with Crippen LogP contribution in [0.2, 0.25) is 0 Å². The molecular formula is C36H46N6O6S. The number of nitrogens with one attached hydrogen (secondary N) is 2. The van der Waals surface area contributed by atoms with Crippen molar-refractivity contribution in [1.29, 1.82) is 0 Å². The summed E-state index contributed by atoms with van der Waals surface area (Å²) in [5, 5.41) is 25.5. The number of aliphatic hydroxyl groups is 1. The SMILES string of the molecule is Cc1ncsc1-c1ccc([C@H](C)NC(=O)[C@@H]2C[C@@H](O)CN2C(=O)C(NC(=O)c2ccc(N3CCC(CC(=O)O)CC3)cn2)C(C)(C)C)cc1. The standard InChI is InChI=1S/C36H46N6O6S/c1-21(24-6-8-25(9-7-24)31-22(2)38-20-49-31)39-34(47)29-17-27(43)19-42(29)35(48)32(36(3,4)5)40-33(46)28-11-10-26(18-37-28)41-14-12-23(13-15-41)16-30(44)45/h6-11,18,20-21,23,27,29,32,43H,12-17,19H2,1-5H3,(H,39,47)(H,40,46)(H,44,45)/t21-,27+,29-,32?/m0/s1. The molecule has 4 N–H and O–H groups in total. The Labute approximate surface area is 290 Å². The highest BCUT2D eigenvalue weighted by Crippen LogP contribution is 2.30. The maximum Gasteiger partial charge on any atom is 0.303 e. The molecule has 2 aliphatic rings. The molecule has 0 saturated carbocycles. The second-order valence-electron chi connectivity index (χ2n) is 14.2. The Balaban J connectivity index is 1.22. The van der Waals surface area contributed by atoms with Crippen LogP contribution in [0.25, 0.3) is 10.4 Å². The third-order valence-corrected chi connectivity index (χ3v) is 10.4. The van der Waals surface area contributed by atoms with Crippen LogP contribution in [0.15, 0.2) is 48.1 Å². The number of hydrogen-bond donors (Lipinski definition) is 4. The Bertz CT molecular complexity index is 1650. The van der Waals surface area contributed by atoms with Crippen molar-refractivity contribution >= 4 is 40.7 Å². The predicted molar refractivity (Wildman–Crippen MR) is 187 cm³/mol. The average Bonchev–Trinajstić information content (AvgIpc) is 3.68. The van der Waals surface area contributed by atoms with E-state index in [1.54, 1.807) is 29.7 Å². The van der Waals surface area contributed by atoms with Gasteiger partial charge in [0, 0.05) is 32.5 Å². The quantitative estimate of drug-likeness (QED) is 0.244. The Morgan fingerprint density at radius 2 is 1.71 bits per heavy atom. The van der Waals surface area contributed by atoms with E-state index in [-0.39, 0.29) is 42.9 Å². The first-order chi connectivity index (χ1) is 23.2. The Kier molecular flexibility index (Phi) is 11.0. The zero-order valence-corrected chi connectivity index (χ0v) is 29.5. The molecule has 5 rings (SSSR count). The van der Waals surface area contributed by atoms with Gasteiger partial charge in [-0.25, -0.2) is 9.97 Å². The van der Waals surface area contributed by atoms with Crippen molar-refractivity contribution in [2.45, 2.75) is 84.5 Å².